The molecule has 3 aromatic carbocycles. The molecule has 4 rings (SSSR count). The standard InChI is InChI=1S/C24H18O5/c1-15(25)28-22-12-9-16-5-3-4-6-20(16)21(22)13-18-14-23(29-24(18)26)17-7-10-19(27-2)11-8-17/h3-14H,1-2H3/b18-13-. The summed E-state index contributed by atoms with van der Waals surface area (Å²) in [5.41, 5.74) is 1.79. The Morgan fingerprint density at radius 2 is 1.76 bits per heavy atom. The van der Waals surface area contributed by atoms with E-state index in [1.165, 1.54) is 6.92 Å². The van der Waals surface area contributed by atoms with E-state index in [0.29, 0.717) is 22.6 Å². The molecule has 0 amide bonds. The van der Waals surface area contributed by atoms with Crippen LogP contribution in [0.5, 0.6) is 11.5 Å². The van der Waals surface area contributed by atoms with Gasteiger partial charge in [0.05, 0.1) is 12.7 Å². The summed E-state index contributed by atoms with van der Waals surface area (Å²) in [4.78, 5) is 24.0. The Labute approximate surface area is 167 Å². The zero-order chi connectivity index (χ0) is 20.4. The second-order valence-corrected chi connectivity index (χ2v) is 6.52. The first-order chi connectivity index (χ1) is 14.0. The van der Waals surface area contributed by atoms with E-state index in [-0.39, 0.29) is 0 Å². The summed E-state index contributed by atoms with van der Waals surface area (Å²) in [5, 5.41) is 1.85. The lowest BCUT2D eigenvalue weighted by Crippen LogP contribution is -2.03. The smallest absolute Gasteiger partial charge is 0.343 e. The number of cyclic esters (lactones) is 1. The predicted octanol–water partition coefficient (Wildman–Crippen LogP) is 4.76. The third-order valence-corrected chi connectivity index (χ3v) is 4.58. The first kappa shape index (κ1) is 18.5. The van der Waals surface area contributed by atoms with Gasteiger partial charge in [-0.1, -0.05) is 30.3 Å². The normalized spacial score (nSPS) is 14.6. The van der Waals surface area contributed by atoms with Crippen molar-refractivity contribution < 1.29 is 23.8 Å². The fourth-order valence-electron chi connectivity index (χ4n) is 3.21. The summed E-state index contributed by atoms with van der Waals surface area (Å²) in [6.07, 6.45) is 3.38. The van der Waals surface area contributed by atoms with Crippen LogP contribution in [-0.2, 0) is 14.3 Å². The Hall–Kier alpha value is -3.86. The van der Waals surface area contributed by atoms with Gasteiger partial charge < -0.3 is 14.2 Å². The molecule has 1 aliphatic heterocycles. The van der Waals surface area contributed by atoms with Gasteiger partial charge in [-0.05, 0) is 53.3 Å². The molecule has 0 aromatic heterocycles. The van der Waals surface area contributed by atoms with Crippen molar-refractivity contribution in [3.63, 3.8) is 0 Å². The van der Waals surface area contributed by atoms with Crippen molar-refractivity contribution in [3.05, 3.63) is 83.4 Å². The number of ether oxygens (including phenoxy) is 3. The molecule has 0 saturated carbocycles. The number of esters is 2. The summed E-state index contributed by atoms with van der Waals surface area (Å²) < 4.78 is 16.0. The van der Waals surface area contributed by atoms with Gasteiger partial charge in [0.25, 0.3) is 0 Å². The van der Waals surface area contributed by atoms with Crippen LogP contribution < -0.4 is 9.47 Å². The van der Waals surface area contributed by atoms with E-state index in [9.17, 15) is 9.59 Å². The van der Waals surface area contributed by atoms with E-state index in [2.05, 4.69) is 0 Å². The number of hydrogen-bond acceptors (Lipinski definition) is 5. The van der Waals surface area contributed by atoms with E-state index in [1.54, 1.807) is 37.5 Å². The molecule has 5 nitrogen and oxygen atoms in total. The largest absolute Gasteiger partial charge is 0.497 e. The number of carbonyl (C=O) groups is 2. The highest BCUT2D eigenvalue weighted by atomic mass is 16.5. The first-order valence-corrected chi connectivity index (χ1v) is 9.05. The van der Waals surface area contributed by atoms with Gasteiger partial charge in [-0.3, -0.25) is 4.79 Å². The van der Waals surface area contributed by atoms with Gasteiger partial charge in [-0.25, -0.2) is 4.79 Å². The van der Waals surface area contributed by atoms with Crippen molar-refractivity contribution in [1.29, 1.82) is 0 Å². The second kappa shape index (κ2) is 7.64. The zero-order valence-corrected chi connectivity index (χ0v) is 16.0. The van der Waals surface area contributed by atoms with Gasteiger partial charge in [0.1, 0.15) is 17.3 Å². The predicted molar refractivity (Wildman–Crippen MR) is 110 cm³/mol. The monoisotopic (exact) mass is 386 g/mol. The van der Waals surface area contributed by atoms with Gasteiger partial charge in [0.15, 0.2) is 0 Å². The molecule has 144 valence electrons. The van der Waals surface area contributed by atoms with Crippen LogP contribution in [0.2, 0.25) is 0 Å². The molecule has 3 aromatic rings. The van der Waals surface area contributed by atoms with Crippen molar-refractivity contribution >= 4 is 34.5 Å². The maximum absolute atomic E-state index is 12.5. The van der Waals surface area contributed by atoms with Gasteiger partial charge in [-0.15, -0.1) is 0 Å². The molecule has 5 heteroatoms. The zero-order valence-electron chi connectivity index (χ0n) is 16.0. The minimum atomic E-state index is -0.461. The van der Waals surface area contributed by atoms with Crippen LogP contribution in [0.3, 0.4) is 0 Å². The van der Waals surface area contributed by atoms with Crippen molar-refractivity contribution in [2.24, 2.45) is 0 Å². The SMILES string of the molecule is COc1ccc(C2=C/C(=C/c3c(OC(C)=O)ccc4ccccc34)C(=O)O2)cc1. The third-order valence-electron chi connectivity index (χ3n) is 4.58. The molecule has 0 aliphatic carbocycles. The minimum absolute atomic E-state index is 0.376. The van der Waals surface area contributed by atoms with Crippen LogP contribution in [0, 0.1) is 0 Å². The second-order valence-electron chi connectivity index (χ2n) is 6.52. The van der Waals surface area contributed by atoms with Crippen molar-refractivity contribution in [3.8, 4) is 11.5 Å². The van der Waals surface area contributed by atoms with E-state index in [0.717, 1.165) is 22.1 Å². The fraction of sp³-hybridized carbons (Fsp3) is 0.0833. The van der Waals surface area contributed by atoms with Crippen LogP contribution in [0.25, 0.3) is 22.6 Å². The number of fused-ring (bicyclic) bond motifs is 1. The Morgan fingerprint density at radius 3 is 2.48 bits per heavy atom. The van der Waals surface area contributed by atoms with Crippen LogP contribution in [0.1, 0.15) is 18.1 Å². The summed E-state index contributed by atoms with van der Waals surface area (Å²) >= 11 is 0. The Kier molecular flexibility index (Phi) is 4.87. The van der Waals surface area contributed by atoms with Gasteiger partial charge >= 0.3 is 11.9 Å². The Morgan fingerprint density at radius 1 is 1.00 bits per heavy atom. The number of methoxy groups -OCH3 is 1. The van der Waals surface area contributed by atoms with Crippen molar-refractivity contribution in [2.45, 2.75) is 6.92 Å². The molecule has 1 heterocycles. The quantitative estimate of drug-likeness (QED) is 0.368. The molecule has 0 spiro atoms. The van der Waals surface area contributed by atoms with Crippen LogP contribution in [0.4, 0.5) is 0 Å². The van der Waals surface area contributed by atoms with Gasteiger partial charge in [-0.2, -0.15) is 0 Å². The number of carbonyl (C=O) groups excluding carboxylic acids is 2. The highest BCUT2D eigenvalue weighted by Gasteiger charge is 2.23. The molecule has 0 atom stereocenters. The van der Waals surface area contributed by atoms with Gasteiger partial charge in [0, 0.05) is 18.1 Å². The lowest BCUT2D eigenvalue weighted by molar-refractivity contribution is -0.132. The molecule has 0 radical (unpaired) electrons. The summed E-state index contributed by atoms with van der Waals surface area (Å²) in [6.45, 7) is 1.34. The Bertz CT molecular complexity index is 1170. The molecule has 1 aliphatic rings. The highest BCUT2D eigenvalue weighted by Crippen LogP contribution is 2.34. The minimum Gasteiger partial charge on any atom is -0.497 e. The van der Waals surface area contributed by atoms with E-state index < -0.39 is 11.9 Å². The van der Waals surface area contributed by atoms with E-state index >= 15 is 0 Å². The molecule has 0 unspecified atom stereocenters. The average Bonchev–Trinajstić information content (AvgIpc) is 3.10. The number of rotatable bonds is 4. The summed E-state index contributed by atoms with van der Waals surface area (Å²) in [6, 6.07) is 18.6. The third kappa shape index (κ3) is 3.75. The number of benzene rings is 3. The van der Waals surface area contributed by atoms with Crippen LogP contribution in [0.15, 0.2) is 72.3 Å². The van der Waals surface area contributed by atoms with E-state index in [4.69, 9.17) is 14.2 Å². The molecule has 0 saturated heterocycles. The molecule has 29 heavy (non-hydrogen) atoms. The topological polar surface area (TPSA) is 61.8 Å². The van der Waals surface area contributed by atoms with Gasteiger partial charge in [0.2, 0.25) is 0 Å². The summed E-state index contributed by atoms with van der Waals surface area (Å²) in [5.74, 6) is 0.679. The van der Waals surface area contributed by atoms with Crippen molar-refractivity contribution in [2.75, 3.05) is 7.11 Å². The highest BCUT2D eigenvalue weighted by molar-refractivity contribution is 6.07. The maximum atomic E-state index is 12.5. The van der Waals surface area contributed by atoms with Crippen LogP contribution >= 0.6 is 0 Å². The Balaban J connectivity index is 1.80. The lowest BCUT2D eigenvalue weighted by Gasteiger charge is -2.09. The molecule has 0 bridgehead atoms. The van der Waals surface area contributed by atoms with E-state index in [1.807, 2.05) is 42.5 Å². The molecular formula is C24H18O5. The number of hydrogen-bond donors (Lipinski definition) is 0. The fourth-order valence-corrected chi connectivity index (χ4v) is 3.21. The molecule has 0 N–H and O–H groups in total. The summed E-state index contributed by atoms with van der Waals surface area (Å²) in [7, 11) is 1.59. The van der Waals surface area contributed by atoms with Crippen molar-refractivity contribution in [1.82, 2.24) is 0 Å². The average molecular weight is 386 g/mol. The molecular weight excluding hydrogens is 368 g/mol. The molecule has 0 fully saturated rings. The van der Waals surface area contributed by atoms with Crippen LogP contribution in [-0.4, -0.2) is 19.0 Å². The lowest BCUT2D eigenvalue weighted by atomic mass is 10.0. The first-order valence-electron chi connectivity index (χ1n) is 9.05. The maximum Gasteiger partial charge on any atom is 0.343 e.